The maximum Gasteiger partial charge on any atom is 0.408 e. The Morgan fingerprint density at radius 1 is 1.16 bits per heavy atom. The Bertz CT molecular complexity index is 1560. The zero-order valence-corrected chi connectivity index (χ0v) is 21.0. The lowest BCUT2D eigenvalue weighted by Crippen LogP contribution is -2.53. The molecule has 2 bridgehead atoms. The van der Waals surface area contributed by atoms with Gasteiger partial charge in [0, 0.05) is 47.0 Å². The van der Waals surface area contributed by atoms with Crippen LogP contribution in [-0.2, 0) is 5.54 Å². The number of pyridine rings is 1. The average molecular weight is 519 g/mol. The fourth-order valence-electron chi connectivity index (χ4n) is 5.66. The monoisotopic (exact) mass is 518 g/mol. The molecule has 0 radical (unpaired) electrons. The van der Waals surface area contributed by atoms with E-state index in [-0.39, 0.29) is 11.6 Å². The second-order valence-corrected chi connectivity index (χ2v) is 10.2. The molecule has 188 valence electrons. The first kappa shape index (κ1) is 23.6. The fraction of sp³-hybridized carbons (Fsp3) is 0.259. The molecule has 2 N–H and O–H groups in total. The zero-order chi connectivity index (χ0) is 25.9. The van der Waals surface area contributed by atoms with Crippen LogP contribution in [0.15, 0.2) is 54.7 Å². The summed E-state index contributed by atoms with van der Waals surface area (Å²) in [5.41, 5.74) is 3.87. The molecule has 2 saturated heterocycles. The van der Waals surface area contributed by atoms with Gasteiger partial charge in [-0.2, -0.15) is 10.2 Å². The highest BCUT2D eigenvalue weighted by Gasteiger charge is 2.56. The van der Waals surface area contributed by atoms with Crippen molar-refractivity contribution in [1.82, 2.24) is 25.0 Å². The number of amides is 1. The molecule has 4 heterocycles. The highest BCUT2D eigenvalue weighted by atomic mass is 35.5. The van der Waals surface area contributed by atoms with E-state index >= 15 is 0 Å². The van der Waals surface area contributed by atoms with Crippen LogP contribution in [0.3, 0.4) is 0 Å². The van der Waals surface area contributed by atoms with Gasteiger partial charge in [-0.15, -0.1) is 0 Å². The Morgan fingerprint density at radius 2 is 2.00 bits per heavy atom. The van der Waals surface area contributed by atoms with Crippen molar-refractivity contribution in [3.05, 3.63) is 76.8 Å². The van der Waals surface area contributed by atoms with Crippen molar-refractivity contribution in [2.75, 3.05) is 25.5 Å². The van der Waals surface area contributed by atoms with Gasteiger partial charge in [0.25, 0.3) is 0 Å². The smallest absolute Gasteiger partial charge is 0.408 e. The van der Waals surface area contributed by atoms with E-state index in [1.165, 1.54) is 18.2 Å². The number of aromatic nitrogens is 3. The number of benzene rings is 2. The maximum absolute atomic E-state index is 14.5. The van der Waals surface area contributed by atoms with E-state index in [9.17, 15) is 14.3 Å². The molecular weight excluding hydrogens is 495 g/mol. The minimum Gasteiger partial charge on any atom is -0.465 e. The third-order valence-corrected chi connectivity index (χ3v) is 7.82. The number of rotatable bonds is 4. The van der Waals surface area contributed by atoms with Gasteiger partial charge in [-0.05, 0) is 62.4 Å². The molecule has 2 aliphatic rings. The first-order chi connectivity index (χ1) is 17.7. The predicted molar refractivity (Wildman–Crippen MR) is 140 cm³/mol. The van der Waals surface area contributed by atoms with Gasteiger partial charge in [0.2, 0.25) is 0 Å². The van der Waals surface area contributed by atoms with E-state index in [4.69, 9.17) is 11.6 Å². The Balaban J connectivity index is 1.38. The van der Waals surface area contributed by atoms with Crippen molar-refractivity contribution in [3.8, 4) is 11.3 Å². The second-order valence-electron chi connectivity index (χ2n) is 9.77. The third kappa shape index (κ3) is 3.86. The normalized spacial score (nSPS) is 21.1. The van der Waals surface area contributed by atoms with Crippen molar-refractivity contribution < 1.29 is 14.3 Å². The van der Waals surface area contributed by atoms with E-state index in [1.807, 2.05) is 38.2 Å². The molecule has 37 heavy (non-hydrogen) atoms. The lowest BCUT2D eigenvalue weighted by Gasteiger charge is -2.40. The molecule has 2 aliphatic heterocycles. The van der Waals surface area contributed by atoms with Crippen LogP contribution >= 0.6 is 11.6 Å². The van der Waals surface area contributed by atoms with Crippen LogP contribution in [0.5, 0.6) is 0 Å². The first-order valence-corrected chi connectivity index (χ1v) is 12.3. The van der Waals surface area contributed by atoms with Crippen LogP contribution in [-0.4, -0.2) is 62.4 Å². The first-order valence-electron chi connectivity index (χ1n) is 11.9. The molecule has 2 aromatic heterocycles. The number of halogens is 2. The molecule has 8 nitrogen and oxygen atoms in total. The molecule has 6 rings (SSSR count). The van der Waals surface area contributed by atoms with Crippen LogP contribution in [0.2, 0.25) is 5.02 Å². The van der Waals surface area contributed by atoms with Crippen LogP contribution in [0, 0.1) is 12.7 Å². The number of likely N-dealkylation sites (tertiary alicyclic amines) is 2. The highest BCUT2D eigenvalue weighted by Crippen LogP contribution is 2.47. The van der Waals surface area contributed by atoms with E-state index in [1.54, 1.807) is 17.2 Å². The number of aryl methyl sites for hydroxylation is 1. The second kappa shape index (κ2) is 8.64. The van der Waals surface area contributed by atoms with Crippen LogP contribution in [0.25, 0.3) is 22.2 Å². The standard InChI is InChI=1S/C27H24ClFN6O2/c1-15-23(11-25(33-32-15)20-10-17(28)4-6-21(20)29)31-22-7-8-30-24-9-16(3-5-19(22)24)27-12-18(34(2)14-27)13-35(27)26(36)37/h3-11,18H,12-14H2,1-2H3,(H,36,37)(H,30,31,33). The average Bonchev–Trinajstić information content (AvgIpc) is 3.43. The molecule has 0 spiro atoms. The number of fused-ring (bicyclic) bond motifs is 3. The number of anilines is 2. The molecule has 0 aliphatic carbocycles. The third-order valence-electron chi connectivity index (χ3n) is 7.58. The van der Waals surface area contributed by atoms with Crippen molar-refractivity contribution in [1.29, 1.82) is 0 Å². The van der Waals surface area contributed by atoms with Gasteiger partial charge in [-0.25, -0.2) is 9.18 Å². The van der Waals surface area contributed by atoms with Gasteiger partial charge in [0.1, 0.15) is 5.82 Å². The number of carboxylic acid groups (broad SMARTS) is 1. The van der Waals surface area contributed by atoms with Gasteiger partial charge < -0.3 is 10.4 Å². The summed E-state index contributed by atoms with van der Waals surface area (Å²) in [6.45, 7) is 2.97. The molecular formula is C27H24ClFN6O2. The fourth-order valence-corrected chi connectivity index (χ4v) is 5.83. The topological polar surface area (TPSA) is 94.5 Å². The van der Waals surface area contributed by atoms with Crippen molar-refractivity contribution >= 4 is 40.0 Å². The Labute approximate surface area is 217 Å². The van der Waals surface area contributed by atoms with E-state index in [2.05, 4.69) is 25.4 Å². The van der Waals surface area contributed by atoms with Gasteiger partial charge in [0.05, 0.1) is 28.1 Å². The number of hydrogen-bond acceptors (Lipinski definition) is 6. The van der Waals surface area contributed by atoms with Crippen molar-refractivity contribution in [3.63, 3.8) is 0 Å². The summed E-state index contributed by atoms with van der Waals surface area (Å²) in [5.74, 6) is -0.433. The molecule has 1 amide bonds. The number of likely N-dealkylation sites (N-methyl/N-ethyl adjacent to an activating group) is 1. The minimum atomic E-state index is -0.897. The molecule has 0 saturated carbocycles. The molecule has 10 heteroatoms. The molecule has 2 fully saturated rings. The summed E-state index contributed by atoms with van der Waals surface area (Å²) in [6.07, 6.45) is 1.58. The number of carbonyl (C=O) groups is 1. The summed E-state index contributed by atoms with van der Waals surface area (Å²) >= 11 is 6.07. The van der Waals surface area contributed by atoms with Crippen molar-refractivity contribution in [2.45, 2.75) is 24.9 Å². The Kier molecular flexibility index (Phi) is 5.50. The summed E-state index contributed by atoms with van der Waals surface area (Å²) < 4.78 is 14.5. The lowest BCUT2D eigenvalue weighted by molar-refractivity contribution is 0.0681. The summed E-state index contributed by atoms with van der Waals surface area (Å²) in [5, 5.41) is 22.9. The predicted octanol–water partition coefficient (Wildman–Crippen LogP) is 5.43. The lowest BCUT2D eigenvalue weighted by atomic mass is 9.88. The molecule has 2 aromatic carbocycles. The van der Waals surface area contributed by atoms with Gasteiger partial charge in [0.15, 0.2) is 0 Å². The van der Waals surface area contributed by atoms with Crippen LogP contribution in [0.1, 0.15) is 17.7 Å². The highest BCUT2D eigenvalue weighted by molar-refractivity contribution is 6.30. The molecule has 2 unspecified atom stereocenters. The summed E-state index contributed by atoms with van der Waals surface area (Å²) in [6, 6.07) is 14.1. The number of hydrogen-bond donors (Lipinski definition) is 2. The van der Waals surface area contributed by atoms with Gasteiger partial charge in [-0.3, -0.25) is 14.8 Å². The zero-order valence-electron chi connectivity index (χ0n) is 20.2. The minimum absolute atomic E-state index is 0.216. The molecule has 2 atom stereocenters. The number of nitrogens with one attached hydrogen (secondary N) is 1. The maximum atomic E-state index is 14.5. The van der Waals surface area contributed by atoms with E-state index < -0.39 is 17.4 Å². The van der Waals surface area contributed by atoms with Gasteiger partial charge >= 0.3 is 6.09 Å². The molecule has 4 aromatic rings. The van der Waals surface area contributed by atoms with E-state index in [0.29, 0.717) is 35.2 Å². The Hall–Kier alpha value is -3.82. The van der Waals surface area contributed by atoms with Gasteiger partial charge in [-0.1, -0.05) is 23.7 Å². The van der Waals surface area contributed by atoms with E-state index in [0.717, 1.165) is 28.6 Å². The number of nitrogens with zero attached hydrogens (tertiary/aromatic N) is 5. The number of piperazine rings is 1. The van der Waals surface area contributed by atoms with Crippen LogP contribution < -0.4 is 5.32 Å². The summed E-state index contributed by atoms with van der Waals surface area (Å²) in [7, 11) is 2.04. The van der Waals surface area contributed by atoms with Crippen molar-refractivity contribution in [2.24, 2.45) is 0 Å². The SMILES string of the molecule is Cc1nnc(-c2cc(Cl)ccc2F)cc1Nc1ccnc2cc(C34CC(CN3C(=O)O)N(C)C4)ccc12. The Morgan fingerprint density at radius 3 is 2.78 bits per heavy atom. The quantitative estimate of drug-likeness (QED) is 0.372. The van der Waals surface area contributed by atoms with Crippen LogP contribution in [0.4, 0.5) is 20.6 Å². The largest absolute Gasteiger partial charge is 0.465 e. The summed E-state index contributed by atoms with van der Waals surface area (Å²) in [4.78, 5) is 20.4.